The summed E-state index contributed by atoms with van der Waals surface area (Å²) in [6, 6.07) is 42.2. The number of fused-ring (bicyclic) bond motifs is 1. The lowest BCUT2D eigenvalue weighted by molar-refractivity contribution is 0.477. The van der Waals surface area contributed by atoms with Crippen molar-refractivity contribution in [3.05, 3.63) is 156 Å². The van der Waals surface area contributed by atoms with Crippen molar-refractivity contribution in [2.75, 3.05) is 4.90 Å². The minimum absolute atomic E-state index is 0.0853. The zero-order valence-corrected chi connectivity index (χ0v) is 29.3. The van der Waals surface area contributed by atoms with Crippen molar-refractivity contribution in [2.45, 2.75) is 27.7 Å². The molecule has 0 fully saturated rings. The molecule has 0 aliphatic heterocycles. The van der Waals surface area contributed by atoms with Gasteiger partial charge < -0.3 is 5.11 Å². The first-order valence-electron chi connectivity index (χ1n) is 17.1. The molecule has 0 bridgehead atoms. The van der Waals surface area contributed by atoms with Crippen LogP contribution in [0.3, 0.4) is 0 Å². The number of phenolic OH excluding ortho intramolecular Hbond substituents is 1. The average molecular weight is 678 g/mol. The summed E-state index contributed by atoms with van der Waals surface area (Å²) in [6.07, 6.45) is 1.81. The number of hydrogen-bond acceptors (Lipinski definition) is 8. The second-order valence-corrected chi connectivity index (χ2v) is 12.9. The summed E-state index contributed by atoms with van der Waals surface area (Å²) in [4.78, 5) is 31.3. The van der Waals surface area contributed by atoms with Crippen LogP contribution in [0.2, 0.25) is 0 Å². The smallest absolute Gasteiger partial charge is 0.167 e. The SMILES string of the molecule is Cc1cc(-c2cc(-c3nc(-c4cc(C)nc(C)c4)nc(-c4ccccc4O)n3)cc(N(c3ccccn3)c3cccc4ccccc34)c2)cc(C)n1. The Bertz CT molecular complexity index is 2560. The lowest BCUT2D eigenvalue weighted by Gasteiger charge is -2.27. The molecule has 52 heavy (non-hydrogen) atoms. The first-order valence-corrected chi connectivity index (χ1v) is 17.1. The largest absolute Gasteiger partial charge is 0.507 e. The number of anilines is 3. The summed E-state index contributed by atoms with van der Waals surface area (Å²) < 4.78 is 0. The standard InChI is InChI=1S/C44H35N7O/c1-27-20-32(21-28(2)46-27)33-24-35(26-36(25-33)51(41-18-9-10-19-45-41)39-16-11-13-31-12-5-6-14-37(31)39)43-48-42(34-22-29(3)47-30(4)23-34)49-44(50-43)38-15-7-8-17-40(38)52/h5-26,52H,1-4H3. The van der Waals surface area contributed by atoms with Gasteiger partial charge >= 0.3 is 0 Å². The number of benzene rings is 4. The van der Waals surface area contributed by atoms with Gasteiger partial charge in [0.2, 0.25) is 0 Å². The van der Waals surface area contributed by atoms with Crippen LogP contribution in [0.4, 0.5) is 17.2 Å². The third-order valence-corrected chi connectivity index (χ3v) is 8.85. The van der Waals surface area contributed by atoms with Gasteiger partial charge in [0.25, 0.3) is 0 Å². The molecule has 0 aliphatic rings. The van der Waals surface area contributed by atoms with Crippen LogP contribution in [-0.2, 0) is 0 Å². The Morgan fingerprint density at radius 2 is 1.04 bits per heavy atom. The molecule has 0 amide bonds. The lowest BCUT2D eigenvalue weighted by Crippen LogP contribution is -2.12. The summed E-state index contributed by atoms with van der Waals surface area (Å²) in [7, 11) is 0. The minimum Gasteiger partial charge on any atom is -0.507 e. The Morgan fingerprint density at radius 3 is 1.73 bits per heavy atom. The number of para-hydroxylation sites is 1. The van der Waals surface area contributed by atoms with E-state index in [1.54, 1.807) is 12.1 Å². The van der Waals surface area contributed by atoms with Gasteiger partial charge in [-0.3, -0.25) is 14.9 Å². The number of hydrogen-bond donors (Lipinski definition) is 1. The second kappa shape index (κ2) is 13.5. The van der Waals surface area contributed by atoms with Gasteiger partial charge in [0.15, 0.2) is 17.5 Å². The van der Waals surface area contributed by atoms with Crippen LogP contribution < -0.4 is 4.90 Å². The molecule has 252 valence electrons. The highest BCUT2D eigenvalue weighted by molar-refractivity contribution is 5.99. The normalized spacial score (nSPS) is 11.2. The zero-order valence-electron chi connectivity index (χ0n) is 29.3. The topological polar surface area (TPSA) is 101 Å². The van der Waals surface area contributed by atoms with Crippen LogP contribution in [-0.4, -0.2) is 35.0 Å². The third-order valence-electron chi connectivity index (χ3n) is 8.85. The van der Waals surface area contributed by atoms with E-state index in [-0.39, 0.29) is 5.75 Å². The van der Waals surface area contributed by atoms with Crippen LogP contribution in [0.15, 0.2) is 134 Å². The summed E-state index contributed by atoms with van der Waals surface area (Å²) in [5, 5.41) is 13.2. The number of nitrogens with zero attached hydrogens (tertiary/aromatic N) is 7. The van der Waals surface area contributed by atoms with E-state index in [1.807, 2.05) is 76.4 Å². The van der Waals surface area contributed by atoms with Crippen molar-refractivity contribution in [2.24, 2.45) is 0 Å². The molecule has 8 rings (SSSR count). The van der Waals surface area contributed by atoms with Crippen molar-refractivity contribution in [1.82, 2.24) is 29.9 Å². The molecule has 8 aromatic rings. The van der Waals surface area contributed by atoms with E-state index < -0.39 is 0 Å². The molecule has 4 heterocycles. The van der Waals surface area contributed by atoms with E-state index in [0.717, 1.165) is 73.0 Å². The summed E-state index contributed by atoms with van der Waals surface area (Å²) >= 11 is 0. The minimum atomic E-state index is 0.0853. The molecule has 0 spiro atoms. The quantitative estimate of drug-likeness (QED) is 0.178. The predicted molar refractivity (Wildman–Crippen MR) is 208 cm³/mol. The van der Waals surface area contributed by atoms with Crippen molar-refractivity contribution < 1.29 is 5.11 Å². The zero-order chi connectivity index (χ0) is 35.8. The number of phenols is 1. The van der Waals surface area contributed by atoms with E-state index >= 15 is 0 Å². The van der Waals surface area contributed by atoms with Crippen molar-refractivity contribution in [3.8, 4) is 51.0 Å². The molecule has 0 aliphatic carbocycles. The van der Waals surface area contributed by atoms with Gasteiger partial charge in [-0.1, -0.05) is 54.6 Å². The van der Waals surface area contributed by atoms with Crippen LogP contribution in [0.25, 0.3) is 56.1 Å². The predicted octanol–water partition coefficient (Wildman–Crippen LogP) is 10.3. The molecule has 0 atom stereocenters. The van der Waals surface area contributed by atoms with Crippen LogP contribution in [0.5, 0.6) is 5.75 Å². The molecule has 8 nitrogen and oxygen atoms in total. The fourth-order valence-electron chi connectivity index (χ4n) is 6.70. The molecule has 1 N–H and O–H groups in total. The van der Waals surface area contributed by atoms with E-state index in [1.165, 1.54) is 0 Å². The van der Waals surface area contributed by atoms with E-state index in [4.69, 9.17) is 19.9 Å². The Kier molecular flexibility index (Phi) is 8.41. The van der Waals surface area contributed by atoms with Gasteiger partial charge in [-0.25, -0.2) is 19.9 Å². The number of aryl methyl sites for hydroxylation is 4. The van der Waals surface area contributed by atoms with Crippen molar-refractivity contribution >= 4 is 28.0 Å². The summed E-state index contributed by atoms with van der Waals surface area (Å²) in [5.41, 5.74) is 9.48. The molecule has 4 aromatic carbocycles. The highest BCUT2D eigenvalue weighted by atomic mass is 16.3. The van der Waals surface area contributed by atoms with E-state index in [0.29, 0.717) is 23.0 Å². The summed E-state index contributed by atoms with van der Waals surface area (Å²) in [5.74, 6) is 2.15. The summed E-state index contributed by atoms with van der Waals surface area (Å²) in [6.45, 7) is 7.92. The molecule has 0 unspecified atom stereocenters. The number of rotatable bonds is 7. The van der Waals surface area contributed by atoms with E-state index in [2.05, 4.69) is 87.7 Å². The lowest BCUT2D eigenvalue weighted by atomic mass is 9.99. The second-order valence-electron chi connectivity index (χ2n) is 12.9. The molecular formula is C44H35N7O. The first kappa shape index (κ1) is 32.4. The molecule has 4 aromatic heterocycles. The Labute approximate surface area is 302 Å². The fourth-order valence-corrected chi connectivity index (χ4v) is 6.70. The van der Waals surface area contributed by atoms with Gasteiger partial charge in [0.1, 0.15) is 11.6 Å². The molecule has 0 saturated carbocycles. The Morgan fingerprint density at radius 1 is 0.481 bits per heavy atom. The molecule has 0 radical (unpaired) electrons. The third kappa shape index (κ3) is 6.45. The van der Waals surface area contributed by atoms with Crippen LogP contribution in [0.1, 0.15) is 22.8 Å². The highest BCUT2D eigenvalue weighted by Crippen LogP contribution is 2.41. The van der Waals surface area contributed by atoms with Gasteiger partial charge in [0.05, 0.1) is 11.3 Å². The van der Waals surface area contributed by atoms with E-state index in [9.17, 15) is 5.11 Å². The van der Waals surface area contributed by atoms with Gasteiger partial charge in [-0.2, -0.15) is 0 Å². The van der Waals surface area contributed by atoms with Gasteiger partial charge in [-0.05, 0) is 117 Å². The average Bonchev–Trinajstić information content (AvgIpc) is 3.15. The van der Waals surface area contributed by atoms with Crippen molar-refractivity contribution in [3.63, 3.8) is 0 Å². The van der Waals surface area contributed by atoms with Gasteiger partial charge in [0, 0.05) is 51.2 Å². The highest BCUT2D eigenvalue weighted by Gasteiger charge is 2.21. The van der Waals surface area contributed by atoms with Crippen LogP contribution >= 0.6 is 0 Å². The Balaban J connectivity index is 1.43. The number of pyridine rings is 3. The van der Waals surface area contributed by atoms with Gasteiger partial charge in [-0.15, -0.1) is 0 Å². The maximum atomic E-state index is 10.9. The maximum Gasteiger partial charge on any atom is 0.167 e. The fraction of sp³-hybridized carbons (Fsp3) is 0.0909. The maximum absolute atomic E-state index is 10.9. The first-order chi connectivity index (χ1) is 25.3. The van der Waals surface area contributed by atoms with Crippen molar-refractivity contribution in [1.29, 1.82) is 0 Å². The molecule has 0 saturated heterocycles. The molecular weight excluding hydrogens is 643 g/mol. The monoisotopic (exact) mass is 677 g/mol. The van der Waals surface area contributed by atoms with Crippen LogP contribution in [0, 0.1) is 27.7 Å². The number of aromatic hydroxyl groups is 1. The number of aromatic nitrogens is 6. The molecule has 8 heteroatoms. The Hall–Kier alpha value is -6.80.